The van der Waals surface area contributed by atoms with E-state index in [-0.39, 0.29) is 17.9 Å². The third-order valence-electron chi connectivity index (χ3n) is 2.29. The molecule has 0 radical (unpaired) electrons. The number of halogens is 2. The molecule has 0 aliphatic carbocycles. The van der Waals surface area contributed by atoms with Crippen molar-refractivity contribution in [2.45, 2.75) is 39.7 Å². The molecule has 4 N–H and O–H groups in total. The molecule has 4 nitrogen and oxygen atoms in total. The molecule has 0 rings (SSSR count). The van der Waals surface area contributed by atoms with Crippen molar-refractivity contribution in [3.8, 4) is 0 Å². The lowest BCUT2D eigenvalue weighted by atomic mass is 9.84. The Labute approximate surface area is 101 Å². The topological polar surface area (TPSA) is 75.4 Å². The molecule has 0 aliphatic rings. The van der Waals surface area contributed by atoms with Crippen LogP contribution >= 0.6 is 0 Å². The molecule has 102 valence electrons. The lowest BCUT2D eigenvalue weighted by Crippen LogP contribution is -2.42. The molecule has 1 amide bonds. The first-order valence-corrected chi connectivity index (χ1v) is 5.61. The summed E-state index contributed by atoms with van der Waals surface area (Å²) in [6.45, 7) is 5.62. The highest BCUT2D eigenvalue weighted by Gasteiger charge is 2.25. The largest absolute Gasteiger partial charge is 0.385 e. The molecule has 0 heterocycles. The van der Waals surface area contributed by atoms with E-state index in [1.54, 1.807) is 0 Å². The molecule has 0 saturated heterocycles. The molecule has 0 aromatic carbocycles. The Morgan fingerprint density at radius 3 is 2.29 bits per heavy atom. The highest BCUT2D eigenvalue weighted by Crippen LogP contribution is 2.23. The van der Waals surface area contributed by atoms with E-state index < -0.39 is 25.0 Å². The average Bonchev–Trinajstić information content (AvgIpc) is 2.20. The number of nitrogens with two attached hydrogens (primary N) is 1. The van der Waals surface area contributed by atoms with Crippen molar-refractivity contribution in [1.29, 1.82) is 0 Å². The molecule has 0 fully saturated rings. The van der Waals surface area contributed by atoms with E-state index in [0.717, 1.165) is 0 Å². The molecule has 0 saturated carbocycles. The summed E-state index contributed by atoms with van der Waals surface area (Å²) < 4.78 is 24.0. The minimum Gasteiger partial charge on any atom is -0.385 e. The Hall–Kier alpha value is -0.750. The van der Waals surface area contributed by atoms with Gasteiger partial charge in [0.25, 0.3) is 6.43 Å². The van der Waals surface area contributed by atoms with E-state index in [0.29, 0.717) is 6.42 Å². The Morgan fingerprint density at radius 2 is 1.94 bits per heavy atom. The summed E-state index contributed by atoms with van der Waals surface area (Å²) in [6, 6.07) is 0. The first-order chi connectivity index (χ1) is 7.67. The van der Waals surface area contributed by atoms with Crippen LogP contribution < -0.4 is 11.1 Å². The van der Waals surface area contributed by atoms with Crippen LogP contribution in [-0.2, 0) is 4.79 Å². The molecule has 2 atom stereocenters. The number of amides is 1. The van der Waals surface area contributed by atoms with E-state index in [9.17, 15) is 13.6 Å². The molecule has 6 heteroatoms. The monoisotopic (exact) mass is 252 g/mol. The molecule has 17 heavy (non-hydrogen) atoms. The number of nitrogens with one attached hydrogen (secondary N) is 1. The quantitative estimate of drug-likeness (QED) is 0.652. The summed E-state index contributed by atoms with van der Waals surface area (Å²) in [5.41, 5.74) is 5.41. The molecule has 0 spiro atoms. The van der Waals surface area contributed by atoms with E-state index in [1.807, 2.05) is 20.8 Å². The van der Waals surface area contributed by atoms with Gasteiger partial charge in [0.05, 0.1) is 5.92 Å². The SMILES string of the molecule is CC(C)(C)CC(CN)C(=O)NCC(O)C(F)F. The number of aliphatic hydroxyl groups is 1. The minimum atomic E-state index is -2.85. The van der Waals surface area contributed by atoms with Gasteiger partial charge >= 0.3 is 0 Å². The standard InChI is InChI=1S/C11H22F2N2O2/c1-11(2,3)4-7(5-14)10(17)15-6-8(16)9(12)13/h7-9,16H,4-6,14H2,1-3H3,(H,15,17). The first kappa shape index (κ1) is 16.2. The number of alkyl halides is 2. The normalized spacial score (nSPS) is 15.8. The predicted octanol–water partition coefficient (Wildman–Crippen LogP) is 0.740. The summed E-state index contributed by atoms with van der Waals surface area (Å²) in [7, 11) is 0. The number of carbonyl (C=O) groups excluding carboxylic acids is 1. The van der Waals surface area contributed by atoms with Gasteiger partial charge in [-0.2, -0.15) is 0 Å². The zero-order valence-corrected chi connectivity index (χ0v) is 10.5. The van der Waals surface area contributed by atoms with Crippen LogP contribution in [0.5, 0.6) is 0 Å². The Bertz CT molecular complexity index is 242. The van der Waals surface area contributed by atoms with Crippen molar-refractivity contribution >= 4 is 5.91 Å². The molecular formula is C11H22F2N2O2. The molecule has 2 unspecified atom stereocenters. The average molecular weight is 252 g/mol. The lowest BCUT2D eigenvalue weighted by Gasteiger charge is -2.24. The summed E-state index contributed by atoms with van der Waals surface area (Å²) in [6.07, 6.45) is -4.11. The van der Waals surface area contributed by atoms with Gasteiger partial charge in [-0.15, -0.1) is 0 Å². The van der Waals surface area contributed by atoms with Gasteiger partial charge in [-0.25, -0.2) is 8.78 Å². The number of carbonyl (C=O) groups is 1. The van der Waals surface area contributed by atoms with Gasteiger partial charge in [0.2, 0.25) is 5.91 Å². The van der Waals surface area contributed by atoms with Crippen LogP contribution in [0.1, 0.15) is 27.2 Å². The van der Waals surface area contributed by atoms with Crippen molar-refractivity contribution < 1.29 is 18.7 Å². The zero-order chi connectivity index (χ0) is 13.6. The van der Waals surface area contributed by atoms with Gasteiger partial charge in [-0.3, -0.25) is 4.79 Å². The van der Waals surface area contributed by atoms with Crippen LogP contribution in [0, 0.1) is 11.3 Å². The second-order valence-corrected chi connectivity index (χ2v) is 5.34. The molecule has 0 bridgehead atoms. The molecular weight excluding hydrogens is 230 g/mol. The van der Waals surface area contributed by atoms with Crippen LogP contribution in [0.4, 0.5) is 8.78 Å². The second-order valence-electron chi connectivity index (χ2n) is 5.34. The predicted molar refractivity (Wildman–Crippen MR) is 61.6 cm³/mol. The number of hydrogen-bond acceptors (Lipinski definition) is 3. The van der Waals surface area contributed by atoms with Gasteiger partial charge in [-0.05, 0) is 11.8 Å². The second kappa shape index (κ2) is 6.86. The summed E-state index contributed by atoms with van der Waals surface area (Å²) in [4.78, 5) is 11.6. The van der Waals surface area contributed by atoms with Gasteiger partial charge in [0, 0.05) is 13.1 Å². The Balaban J connectivity index is 4.18. The van der Waals surface area contributed by atoms with Crippen LogP contribution in [0.15, 0.2) is 0 Å². The van der Waals surface area contributed by atoms with Crippen molar-refractivity contribution in [2.24, 2.45) is 17.1 Å². The van der Waals surface area contributed by atoms with Crippen LogP contribution in [0.3, 0.4) is 0 Å². The number of aliphatic hydroxyl groups excluding tert-OH is 1. The van der Waals surface area contributed by atoms with Crippen LogP contribution in [-0.4, -0.2) is 36.6 Å². The maximum atomic E-state index is 12.0. The minimum absolute atomic E-state index is 0.0668. The van der Waals surface area contributed by atoms with Crippen molar-refractivity contribution in [1.82, 2.24) is 5.32 Å². The summed E-state index contributed by atoms with van der Waals surface area (Å²) in [5.74, 6) is -0.804. The van der Waals surface area contributed by atoms with Crippen LogP contribution in [0.2, 0.25) is 0 Å². The van der Waals surface area contributed by atoms with Crippen molar-refractivity contribution in [3.63, 3.8) is 0 Å². The van der Waals surface area contributed by atoms with E-state index in [1.165, 1.54) is 0 Å². The third-order valence-corrected chi connectivity index (χ3v) is 2.29. The smallest absolute Gasteiger partial charge is 0.265 e. The van der Waals surface area contributed by atoms with Gasteiger partial charge < -0.3 is 16.2 Å². The van der Waals surface area contributed by atoms with E-state index in [4.69, 9.17) is 10.8 Å². The van der Waals surface area contributed by atoms with Crippen molar-refractivity contribution in [3.05, 3.63) is 0 Å². The van der Waals surface area contributed by atoms with Gasteiger partial charge in [0.1, 0.15) is 6.10 Å². The lowest BCUT2D eigenvalue weighted by molar-refractivity contribution is -0.126. The fourth-order valence-electron chi connectivity index (χ4n) is 1.46. The Kier molecular flexibility index (Phi) is 6.56. The summed E-state index contributed by atoms with van der Waals surface area (Å²) in [5, 5.41) is 11.2. The maximum absolute atomic E-state index is 12.0. The molecule has 0 aromatic rings. The maximum Gasteiger partial charge on any atom is 0.265 e. The first-order valence-electron chi connectivity index (χ1n) is 5.61. The summed E-state index contributed by atoms with van der Waals surface area (Å²) >= 11 is 0. The zero-order valence-electron chi connectivity index (χ0n) is 10.5. The highest BCUT2D eigenvalue weighted by molar-refractivity contribution is 5.78. The van der Waals surface area contributed by atoms with Gasteiger partial charge in [0.15, 0.2) is 0 Å². The van der Waals surface area contributed by atoms with Crippen LogP contribution in [0.25, 0.3) is 0 Å². The molecule has 0 aromatic heterocycles. The third kappa shape index (κ3) is 7.23. The number of rotatable bonds is 6. The fourth-order valence-corrected chi connectivity index (χ4v) is 1.46. The number of hydrogen-bond donors (Lipinski definition) is 3. The Morgan fingerprint density at radius 1 is 1.41 bits per heavy atom. The van der Waals surface area contributed by atoms with E-state index in [2.05, 4.69) is 5.32 Å². The van der Waals surface area contributed by atoms with Gasteiger partial charge in [-0.1, -0.05) is 20.8 Å². The highest BCUT2D eigenvalue weighted by atomic mass is 19.3. The molecule has 0 aliphatic heterocycles. The van der Waals surface area contributed by atoms with E-state index >= 15 is 0 Å². The fraction of sp³-hybridized carbons (Fsp3) is 0.909. The van der Waals surface area contributed by atoms with Crippen molar-refractivity contribution in [2.75, 3.05) is 13.1 Å².